The molecule has 9 heteroatoms. The van der Waals surface area contributed by atoms with Crippen molar-refractivity contribution in [2.24, 2.45) is 0 Å². The first-order valence-corrected chi connectivity index (χ1v) is 11.0. The fourth-order valence-corrected chi connectivity index (χ4v) is 5.38. The maximum atomic E-state index is 14.0. The summed E-state index contributed by atoms with van der Waals surface area (Å²) in [6.45, 7) is 2.17. The predicted molar refractivity (Wildman–Crippen MR) is 109 cm³/mol. The van der Waals surface area contributed by atoms with Crippen molar-refractivity contribution in [3.63, 3.8) is 0 Å². The first kappa shape index (κ1) is 19.0. The van der Waals surface area contributed by atoms with Crippen LogP contribution < -0.4 is 0 Å². The van der Waals surface area contributed by atoms with Gasteiger partial charge in [-0.25, -0.2) is 22.8 Å². The molecule has 0 N–H and O–H groups in total. The lowest BCUT2D eigenvalue weighted by molar-refractivity contribution is 0.453. The molecule has 0 amide bonds. The third-order valence-corrected chi connectivity index (χ3v) is 7.32. The summed E-state index contributed by atoms with van der Waals surface area (Å²) in [6.07, 6.45) is 3.85. The Morgan fingerprint density at radius 3 is 2.83 bits per heavy atom. The maximum absolute atomic E-state index is 14.0. The van der Waals surface area contributed by atoms with Crippen molar-refractivity contribution in [1.82, 2.24) is 18.8 Å². The van der Waals surface area contributed by atoms with E-state index in [0.29, 0.717) is 41.3 Å². The van der Waals surface area contributed by atoms with Gasteiger partial charge in [-0.15, -0.1) is 0 Å². The Balaban J connectivity index is 1.53. The number of benzene rings is 1. The minimum atomic E-state index is -3.81. The first-order valence-electron chi connectivity index (χ1n) is 9.58. The van der Waals surface area contributed by atoms with E-state index in [9.17, 15) is 12.8 Å². The van der Waals surface area contributed by atoms with Crippen molar-refractivity contribution in [3.05, 3.63) is 66.3 Å². The molecular formula is C21H19FN4O3S. The number of hydrogen-bond acceptors (Lipinski definition) is 5. The van der Waals surface area contributed by atoms with Crippen LogP contribution >= 0.6 is 0 Å². The van der Waals surface area contributed by atoms with E-state index in [1.165, 1.54) is 16.4 Å². The molecule has 0 saturated carbocycles. The molecule has 0 unspecified atom stereocenters. The van der Waals surface area contributed by atoms with E-state index in [4.69, 9.17) is 4.42 Å². The van der Waals surface area contributed by atoms with Gasteiger partial charge in [-0.2, -0.15) is 4.31 Å². The van der Waals surface area contributed by atoms with Crippen LogP contribution in [0.5, 0.6) is 0 Å². The van der Waals surface area contributed by atoms with Gasteiger partial charge in [-0.3, -0.25) is 0 Å². The zero-order chi connectivity index (χ0) is 20.9. The number of aryl methyl sites for hydroxylation is 1. The van der Waals surface area contributed by atoms with E-state index < -0.39 is 15.8 Å². The average molecular weight is 426 g/mol. The van der Waals surface area contributed by atoms with E-state index in [2.05, 4.69) is 9.97 Å². The SMILES string of the molecule is Cc1ccc(S(=O)(=O)N2CC[C@@H](n3c(-c4ccco4)nc4cccnc43)C2)cc1F. The van der Waals surface area contributed by atoms with Gasteiger partial charge in [0.1, 0.15) is 11.3 Å². The molecule has 4 aromatic rings. The van der Waals surface area contributed by atoms with E-state index in [1.807, 2.05) is 22.8 Å². The normalized spacial score (nSPS) is 17.7. The van der Waals surface area contributed by atoms with Crippen molar-refractivity contribution in [3.8, 4) is 11.6 Å². The highest BCUT2D eigenvalue weighted by atomic mass is 32.2. The fraction of sp³-hybridized carbons (Fsp3) is 0.238. The van der Waals surface area contributed by atoms with Gasteiger partial charge in [-0.05, 0) is 55.3 Å². The van der Waals surface area contributed by atoms with Crippen LogP contribution in [0, 0.1) is 12.7 Å². The minimum Gasteiger partial charge on any atom is -0.461 e. The summed E-state index contributed by atoms with van der Waals surface area (Å²) in [6, 6.07) is 11.1. The van der Waals surface area contributed by atoms with Crippen LogP contribution in [0.15, 0.2) is 64.2 Å². The molecule has 1 aliphatic rings. The molecule has 0 radical (unpaired) electrons. The third kappa shape index (κ3) is 3.01. The summed E-state index contributed by atoms with van der Waals surface area (Å²) >= 11 is 0. The molecule has 1 aromatic carbocycles. The summed E-state index contributed by atoms with van der Waals surface area (Å²) in [5, 5.41) is 0. The summed E-state index contributed by atoms with van der Waals surface area (Å²) in [5.74, 6) is 0.672. The zero-order valence-corrected chi connectivity index (χ0v) is 17.0. The van der Waals surface area contributed by atoms with Gasteiger partial charge in [0.05, 0.1) is 17.2 Å². The van der Waals surface area contributed by atoms with E-state index >= 15 is 0 Å². The Hall–Kier alpha value is -3.04. The Morgan fingerprint density at radius 2 is 2.07 bits per heavy atom. The van der Waals surface area contributed by atoms with Gasteiger partial charge < -0.3 is 8.98 Å². The molecule has 0 aliphatic carbocycles. The average Bonchev–Trinajstić information content (AvgIpc) is 3.48. The van der Waals surface area contributed by atoms with Gasteiger partial charge in [-0.1, -0.05) is 6.07 Å². The lowest BCUT2D eigenvalue weighted by Gasteiger charge is -2.18. The number of aromatic nitrogens is 3. The molecule has 1 saturated heterocycles. The van der Waals surface area contributed by atoms with Crippen LogP contribution in [0.2, 0.25) is 0 Å². The third-order valence-electron chi connectivity index (χ3n) is 5.46. The van der Waals surface area contributed by atoms with Crippen LogP contribution in [0.1, 0.15) is 18.0 Å². The number of nitrogens with zero attached hydrogens (tertiary/aromatic N) is 4. The monoisotopic (exact) mass is 426 g/mol. The molecule has 30 heavy (non-hydrogen) atoms. The Labute approximate surface area is 172 Å². The molecular weight excluding hydrogens is 407 g/mol. The highest BCUT2D eigenvalue weighted by molar-refractivity contribution is 7.89. The second-order valence-corrected chi connectivity index (χ2v) is 9.28. The van der Waals surface area contributed by atoms with Crippen LogP contribution in [-0.4, -0.2) is 40.3 Å². The molecule has 1 atom stereocenters. The number of imidazole rings is 1. The van der Waals surface area contributed by atoms with Crippen molar-refractivity contribution < 1.29 is 17.2 Å². The van der Waals surface area contributed by atoms with Gasteiger partial charge in [0.25, 0.3) is 0 Å². The zero-order valence-electron chi connectivity index (χ0n) is 16.2. The molecule has 5 rings (SSSR count). The van der Waals surface area contributed by atoms with Crippen LogP contribution in [-0.2, 0) is 10.0 Å². The lowest BCUT2D eigenvalue weighted by atomic mass is 10.2. The minimum absolute atomic E-state index is 0.0360. The Morgan fingerprint density at radius 1 is 1.20 bits per heavy atom. The highest BCUT2D eigenvalue weighted by Gasteiger charge is 2.36. The largest absolute Gasteiger partial charge is 0.461 e. The summed E-state index contributed by atoms with van der Waals surface area (Å²) in [7, 11) is -3.81. The van der Waals surface area contributed by atoms with E-state index in [-0.39, 0.29) is 17.5 Å². The van der Waals surface area contributed by atoms with Crippen LogP contribution in [0.3, 0.4) is 0 Å². The topological polar surface area (TPSA) is 81.2 Å². The summed E-state index contributed by atoms with van der Waals surface area (Å²) < 4.78 is 49.0. The maximum Gasteiger partial charge on any atom is 0.243 e. The quantitative estimate of drug-likeness (QED) is 0.496. The molecule has 0 bridgehead atoms. The fourth-order valence-electron chi connectivity index (χ4n) is 3.88. The number of sulfonamides is 1. The van der Waals surface area contributed by atoms with Crippen molar-refractivity contribution in [1.29, 1.82) is 0 Å². The summed E-state index contributed by atoms with van der Waals surface area (Å²) in [5.41, 5.74) is 1.80. The lowest BCUT2D eigenvalue weighted by Crippen LogP contribution is -2.29. The van der Waals surface area contributed by atoms with Gasteiger partial charge >= 0.3 is 0 Å². The van der Waals surface area contributed by atoms with E-state index in [1.54, 1.807) is 25.5 Å². The number of pyridine rings is 1. The first-order chi connectivity index (χ1) is 14.4. The number of hydrogen-bond donors (Lipinski definition) is 0. The van der Waals surface area contributed by atoms with E-state index in [0.717, 1.165) is 6.07 Å². The summed E-state index contributed by atoms with van der Waals surface area (Å²) in [4.78, 5) is 9.08. The Kier molecular flexibility index (Phi) is 4.44. The number of fused-ring (bicyclic) bond motifs is 1. The smallest absolute Gasteiger partial charge is 0.243 e. The highest BCUT2D eigenvalue weighted by Crippen LogP contribution is 2.34. The molecule has 154 valence electrons. The van der Waals surface area contributed by atoms with Gasteiger partial charge in [0.15, 0.2) is 17.2 Å². The number of rotatable bonds is 4. The predicted octanol–water partition coefficient (Wildman–Crippen LogP) is 3.77. The molecule has 1 aliphatic heterocycles. The van der Waals surface area contributed by atoms with Gasteiger partial charge in [0, 0.05) is 19.3 Å². The number of halogens is 1. The Bertz CT molecular complexity index is 1330. The van der Waals surface area contributed by atoms with Crippen LogP contribution in [0.4, 0.5) is 4.39 Å². The van der Waals surface area contributed by atoms with Crippen molar-refractivity contribution in [2.45, 2.75) is 24.3 Å². The molecule has 7 nitrogen and oxygen atoms in total. The standard InChI is InChI=1S/C21H19FN4O3S/c1-14-6-7-16(12-17(14)22)30(27,28)25-10-8-15(13-25)26-20-18(4-2-9-23-20)24-21(26)19-5-3-11-29-19/h2-7,9,11-12,15H,8,10,13H2,1H3/t15-/m1/s1. The molecule has 4 heterocycles. The second kappa shape index (κ2) is 7.03. The second-order valence-electron chi connectivity index (χ2n) is 7.35. The molecule has 1 fully saturated rings. The van der Waals surface area contributed by atoms with Gasteiger partial charge in [0.2, 0.25) is 10.0 Å². The van der Waals surface area contributed by atoms with Crippen molar-refractivity contribution >= 4 is 21.2 Å². The van der Waals surface area contributed by atoms with Crippen molar-refractivity contribution in [2.75, 3.05) is 13.1 Å². The van der Waals surface area contributed by atoms with Crippen LogP contribution in [0.25, 0.3) is 22.7 Å². The number of furan rings is 1. The molecule has 0 spiro atoms. The molecule has 3 aromatic heterocycles.